The summed E-state index contributed by atoms with van der Waals surface area (Å²) in [5.41, 5.74) is 2.50. The Morgan fingerprint density at radius 2 is 2.00 bits per heavy atom. The third-order valence-electron chi connectivity index (χ3n) is 2.59. The Morgan fingerprint density at radius 3 is 2.67 bits per heavy atom. The molecule has 1 heterocycles. The highest BCUT2D eigenvalue weighted by Crippen LogP contribution is 2.17. The largest absolute Gasteiger partial charge is 0.321 e. The maximum absolute atomic E-state index is 11.5. The number of hydrogen-bond acceptors (Lipinski definition) is 2. The van der Waals surface area contributed by atoms with E-state index in [0.717, 1.165) is 22.0 Å². The molecule has 76 valence electrons. The van der Waals surface area contributed by atoms with Gasteiger partial charge in [-0.1, -0.05) is 12.1 Å². The monoisotopic (exact) mass is 201 g/mol. The number of carbonyl (C=O) groups excluding carboxylic acids is 1. The normalized spacial score (nSPS) is 10.5. The summed E-state index contributed by atoms with van der Waals surface area (Å²) in [5, 5.41) is 0.919. The van der Waals surface area contributed by atoms with Crippen molar-refractivity contribution in [2.45, 2.75) is 13.8 Å². The fourth-order valence-corrected chi connectivity index (χ4v) is 1.74. The van der Waals surface area contributed by atoms with Crippen molar-refractivity contribution in [2.75, 3.05) is 0 Å². The van der Waals surface area contributed by atoms with Gasteiger partial charge in [0.1, 0.15) is 0 Å². The van der Waals surface area contributed by atoms with Crippen molar-refractivity contribution in [3.8, 4) is 0 Å². The van der Waals surface area contributed by atoms with Gasteiger partial charge in [0.25, 0.3) is 5.56 Å². The fraction of sp³-hybridized carbons (Fsp3) is 0.167. The van der Waals surface area contributed by atoms with Crippen LogP contribution in [0.15, 0.2) is 23.0 Å². The molecule has 1 aromatic heterocycles. The molecule has 0 atom stereocenters. The maximum Gasteiger partial charge on any atom is 0.259 e. The van der Waals surface area contributed by atoms with Crippen molar-refractivity contribution in [3.05, 3.63) is 45.2 Å². The van der Waals surface area contributed by atoms with Crippen LogP contribution >= 0.6 is 0 Å². The highest BCUT2D eigenvalue weighted by atomic mass is 16.1. The number of rotatable bonds is 1. The van der Waals surface area contributed by atoms with E-state index in [1.807, 2.05) is 25.1 Å². The van der Waals surface area contributed by atoms with E-state index in [2.05, 4.69) is 4.98 Å². The Labute approximate surface area is 86.8 Å². The first-order chi connectivity index (χ1) is 7.13. The van der Waals surface area contributed by atoms with E-state index >= 15 is 0 Å². The molecule has 1 N–H and O–H groups in total. The van der Waals surface area contributed by atoms with Crippen molar-refractivity contribution in [1.29, 1.82) is 0 Å². The van der Waals surface area contributed by atoms with Gasteiger partial charge >= 0.3 is 0 Å². The van der Waals surface area contributed by atoms with E-state index in [4.69, 9.17) is 0 Å². The average molecular weight is 201 g/mol. The summed E-state index contributed by atoms with van der Waals surface area (Å²) in [6.45, 7) is 3.75. The minimum absolute atomic E-state index is 0.214. The zero-order chi connectivity index (χ0) is 11.0. The first-order valence-electron chi connectivity index (χ1n) is 4.72. The number of hydrogen-bond donors (Lipinski definition) is 1. The van der Waals surface area contributed by atoms with Crippen LogP contribution in [0.4, 0.5) is 0 Å². The molecule has 0 saturated heterocycles. The molecular formula is C12H11NO2. The number of H-pyrrole nitrogens is 1. The second-order valence-corrected chi connectivity index (χ2v) is 3.66. The number of aromatic nitrogens is 1. The van der Waals surface area contributed by atoms with Gasteiger partial charge in [0.2, 0.25) is 0 Å². The predicted octanol–water partition coefficient (Wildman–Crippen LogP) is 1.96. The molecule has 1 aromatic carbocycles. The van der Waals surface area contributed by atoms with Gasteiger partial charge in [0.15, 0.2) is 6.29 Å². The van der Waals surface area contributed by atoms with Crippen molar-refractivity contribution in [2.24, 2.45) is 0 Å². The van der Waals surface area contributed by atoms with Gasteiger partial charge in [-0.25, -0.2) is 0 Å². The zero-order valence-corrected chi connectivity index (χ0v) is 8.63. The molecule has 0 unspecified atom stereocenters. The van der Waals surface area contributed by atoms with E-state index in [-0.39, 0.29) is 11.1 Å². The van der Waals surface area contributed by atoms with E-state index < -0.39 is 0 Å². The summed E-state index contributed by atoms with van der Waals surface area (Å²) in [4.78, 5) is 25.0. The minimum Gasteiger partial charge on any atom is -0.321 e. The molecule has 2 aromatic rings. The number of pyridine rings is 1. The molecule has 0 aliphatic carbocycles. The number of aldehydes is 1. The van der Waals surface area contributed by atoms with Gasteiger partial charge in [-0.2, -0.15) is 0 Å². The smallest absolute Gasteiger partial charge is 0.259 e. The van der Waals surface area contributed by atoms with Crippen LogP contribution in [-0.4, -0.2) is 11.3 Å². The van der Waals surface area contributed by atoms with Crippen molar-refractivity contribution in [1.82, 2.24) is 4.98 Å². The topological polar surface area (TPSA) is 49.9 Å². The highest BCUT2D eigenvalue weighted by molar-refractivity contribution is 5.90. The second kappa shape index (κ2) is 3.35. The van der Waals surface area contributed by atoms with Crippen LogP contribution in [0, 0.1) is 13.8 Å². The number of fused-ring (bicyclic) bond motifs is 1. The first-order valence-corrected chi connectivity index (χ1v) is 4.72. The molecule has 0 bridgehead atoms. The molecule has 15 heavy (non-hydrogen) atoms. The van der Waals surface area contributed by atoms with Gasteiger partial charge in [0.05, 0.1) is 5.56 Å². The third-order valence-corrected chi connectivity index (χ3v) is 2.59. The number of carbonyl (C=O) groups is 1. The van der Waals surface area contributed by atoms with Gasteiger partial charge in [-0.3, -0.25) is 9.59 Å². The lowest BCUT2D eigenvalue weighted by Crippen LogP contribution is -2.14. The third kappa shape index (κ3) is 1.46. The van der Waals surface area contributed by atoms with Crippen LogP contribution in [0.2, 0.25) is 0 Å². The molecule has 3 nitrogen and oxygen atoms in total. The molecule has 0 spiro atoms. The molecule has 3 heteroatoms. The van der Waals surface area contributed by atoms with Crippen LogP contribution < -0.4 is 5.56 Å². The molecule has 2 rings (SSSR count). The second-order valence-electron chi connectivity index (χ2n) is 3.66. The van der Waals surface area contributed by atoms with Crippen molar-refractivity contribution < 1.29 is 4.79 Å². The van der Waals surface area contributed by atoms with Crippen molar-refractivity contribution in [3.63, 3.8) is 0 Å². The first kappa shape index (κ1) is 9.65. The fourth-order valence-electron chi connectivity index (χ4n) is 1.74. The van der Waals surface area contributed by atoms with E-state index in [1.54, 1.807) is 6.92 Å². The summed E-state index contributed by atoms with van der Waals surface area (Å²) in [6, 6.07) is 5.78. The maximum atomic E-state index is 11.5. The zero-order valence-electron chi connectivity index (χ0n) is 8.63. The van der Waals surface area contributed by atoms with Gasteiger partial charge in [0, 0.05) is 10.9 Å². The minimum atomic E-state index is -0.319. The Hall–Kier alpha value is -1.90. The summed E-state index contributed by atoms with van der Waals surface area (Å²) in [6.07, 6.45) is 0.605. The quantitative estimate of drug-likeness (QED) is 0.717. The molecular weight excluding hydrogens is 190 g/mol. The SMILES string of the molecule is Cc1ccc2c(C)c(C=O)c(=O)[nH]c2c1. The summed E-state index contributed by atoms with van der Waals surface area (Å²) < 4.78 is 0. The molecule has 0 fully saturated rings. The van der Waals surface area contributed by atoms with Gasteiger partial charge < -0.3 is 4.98 Å². The Balaban J connectivity index is 2.97. The number of aryl methyl sites for hydroxylation is 2. The lowest BCUT2D eigenvalue weighted by Gasteiger charge is -2.04. The number of benzene rings is 1. The Bertz CT molecular complexity index is 596. The highest BCUT2D eigenvalue weighted by Gasteiger charge is 2.07. The van der Waals surface area contributed by atoms with Crippen LogP contribution in [0.5, 0.6) is 0 Å². The molecule has 0 radical (unpaired) electrons. The molecule has 0 aliphatic heterocycles. The van der Waals surface area contributed by atoms with Gasteiger partial charge in [-0.05, 0) is 31.0 Å². The average Bonchev–Trinajstić information content (AvgIpc) is 2.17. The van der Waals surface area contributed by atoms with Gasteiger partial charge in [-0.15, -0.1) is 0 Å². The summed E-state index contributed by atoms with van der Waals surface area (Å²) in [5.74, 6) is 0. The Morgan fingerprint density at radius 1 is 1.27 bits per heavy atom. The summed E-state index contributed by atoms with van der Waals surface area (Å²) >= 11 is 0. The van der Waals surface area contributed by atoms with E-state index in [1.165, 1.54) is 0 Å². The van der Waals surface area contributed by atoms with Crippen LogP contribution in [0.3, 0.4) is 0 Å². The van der Waals surface area contributed by atoms with Crippen LogP contribution in [0.25, 0.3) is 10.9 Å². The van der Waals surface area contributed by atoms with E-state index in [0.29, 0.717) is 6.29 Å². The number of aromatic amines is 1. The predicted molar refractivity (Wildman–Crippen MR) is 59.4 cm³/mol. The molecule has 0 amide bonds. The van der Waals surface area contributed by atoms with Crippen molar-refractivity contribution >= 4 is 17.2 Å². The Kier molecular flexibility index (Phi) is 2.15. The lowest BCUT2D eigenvalue weighted by molar-refractivity contribution is 0.112. The van der Waals surface area contributed by atoms with E-state index in [9.17, 15) is 9.59 Å². The summed E-state index contributed by atoms with van der Waals surface area (Å²) in [7, 11) is 0. The van der Waals surface area contributed by atoms with Crippen LogP contribution in [0.1, 0.15) is 21.5 Å². The van der Waals surface area contributed by atoms with Crippen LogP contribution in [-0.2, 0) is 0 Å². The molecule has 0 saturated carbocycles. The molecule has 0 aliphatic rings. The lowest BCUT2D eigenvalue weighted by atomic mass is 10.0. The number of nitrogens with one attached hydrogen (secondary N) is 1. The standard InChI is InChI=1S/C12H11NO2/c1-7-3-4-9-8(2)10(6-14)12(15)13-11(9)5-7/h3-6H,1-2H3,(H,13,15).